The number of benzene rings is 1. The topological polar surface area (TPSA) is 116 Å². The van der Waals surface area contributed by atoms with E-state index < -0.39 is 16.8 Å². The molecule has 1 aromatic rings. The summed E-state index contributed by atoms with van der Waals surface area (Å²) in [6, 6.07) is 3.98. The summed E-state index contributed by atoms with van der Waals surface area (Å²) >= 11 is 0. The molecule has 3 heterocycles. The van der Waals surface area contributed by atoms with Crippen LogP contribution in [-0.4, -0.2) is 28.9 Å². The lowest BCUT2D eigenvalue weighted by Crippen LogP contribution is -2.34. The van der Waals surface area contributed by atoms with Crippen molar-refractivity contribution in [2.75, 3.05) is 10.6 Å². The van der Waals surface area contributed by atoms with Crippen LogP contribution in [0.5, 0.6) is 0 Å². The number of amides is 2. The molecule has 2 N–H and O–H groups in total. The number of hydrogen-bond donors (Lipinski definition) is 1. The molecule has 114 valence electrons. The van der Waals surface area contributed by atoms with E-state index in [1.807, 2.05) is 0 Å². The molecule has 4 atom stereocenters. The van der Waals surface area contributed by atoms with Crippen LogP contribution in [-0.2, 0) is 14.3 Å². The van der Waals surface area contributed by atoms with Crippen molar-refractivity contribution in [1.82, 2.24) is 0 Å². The minimum Gasteiger partial charge on any atom is -0.393 e. The maximum atomic E-state index is 12.6. The molecule has 3 aliphatic heterocycles. The fourth-order valence-corrected chi connectivity index (χ4v) is 3.80. The lowest BCUT2D eigenvalue weighted by molar-refractivity contribution is -0.383. The second kappa shape index (κ2) is 4.26. The Balaban J connectivity index is 1.75. The van der Waals surface area contributed by atoms with Gasteiger partial charge < -0.3 is 10.5 Å². The molecule has 0 radical (unpaired) electrons. The van der Waals surface area contributed by atoms with Gasteiger partial charge in [-0.3, -0.25) is 19.7 Å². The third-order valence-electron chi connectivity index (χ3n) is 4.75. The Labute approximate surface area is 125 Å². The predicted molar refractivity (Wildman–Crippen MR) is 74.9 cm³/mol. The van der Waals surface area contributed by atoms with Gasteiger partial charge in [0.15, 0.2) is 0 Å². The number of carbonyl (C=O) groups excluding carboxylic acids is 2. The molecule has 0 spiro atoms. The van der Waals surface area contributed by atoms with E-state index in [1.165, 1.54) is 18.2 Å². The molecule has 0 aliphatic carbocycles. The molecular formula is C14H13N3O5. The summed E-state index contributed by atoms with van der Waals surface area (Å²) in [6.07, 6.45) is 1.14. The summed E-state index contributed by atoms with van der Waals surface area (Å²) in [5.74, 6) is -1.58. The van der Waals surface area contributed by atoms with Crippen molar-refractivity contribution in [1.29, 1.82) is 0 Å². The van der Waals surface area contributed by atoms with Gasteiger partial charge in [0.25, 0.3) is 5.69 Å². The van der Waals surface area contributed by atoms with E-state index in [0.29, 0.717) is 0 Å². The minimum atomic E-state index is -0.627. The van der Waals surface area contributed by atoms with Crippen molar-refractivity contribution in [3.05, 3.63) is 28.3 Å². The molecule has 4 rings (SSSR count). The Kier molecular flexibility index (Phi) is 2.56. The zero-order chi connectivity index (χ0) is 15.6. The molecule has 8 nitrogen and oxygen atoms in total. The van der Waals surface area contributed by atoms with Gasteiger partial charge in [0.05, 0.1) is 34.7 Å². The van der Waals surface area contributed by atoms with E-state index in [0.717, 1.165) is 17.7 Å². The van der Waals surface area contributed by atoms with Crippen molar-refractivity contribution in [2.24, 2.45) is 11.8 Å². The number of nitro groups is 1. The maximum absolute atomic E-state index is 12.6. The van der Waals surface area contributed by atoms with Gasteiger partial charge in [-0.2, -0.15) is 0 Å². The van der Waals surface area contributed by atoms with Gasteiger partial charge in [0.2, 0.25) is 11.8 Å². The monoisotopic (exact) mass is 303 g/mol. The lowest BCUT2D eigenvalue weighted by atomic mass is 9.81. The highest BCUT2D eigenvalue weighted by Gasteiger charge is 2.62. The first kappa shape index (κ1) is 13.2. The number of nitrogens with two attached hydrogens (primary N) is 1. The summed E-state index contributed by atoms with van der Waals surface area (Å²) in [7, 11) is 0. The van der Waals surface area contributed by atoms with Crippen LogP contribution in [0.25, 0.3) is 0 Å². The normalized spacial score (nSPS) is 32.6. The Morgan fingerprint density at radius 3 is 2.32 bits per heavy atom. The zero-order valence-electron chi connectivity index (χ0n) is 11.5. The molecule has 0 saturated carbocycles. The van der Waals surface area contributed by atoms with Crippen molar-refractivity contribution in [3.63, 3.8) is 0 Å². The summed E-state index contributed by atoms with van der Waals surface area (Å²) in [4.78, 5) is 36.6. The molecule has 3 saturated heterocycles. The number of imide groups is 1. The molecule has 1 aromatic carbocycles. The summed E-state index contributed by atoms with van der Waals surface area (Å²) in [6.45, 7) is 0. The smallest absolute Gasteiger partial charge is 0.294 e. The number of hydrogen-bond acceptors (Lipinski definition) is 6. The summed E-state index contributed by atoms with van der Waals surface area (Å²) in [5, 5.41) is 11.0. The zero-order valence-corrected chi connectivity index (χ0v) is 11.5. The van der Waals surface area contributed by atoms with Gasteiger partial charge in [-0.1, -0.05) is 0 Å². The molecule has 2 bridgehead atoms. The number of anilines is 2. The molecule has 2 amide bonds. The van der Waals surface area contributed by atoms with E-state index in [-0.39, 0.29) is 41.1 Å². The van der Waals surface area contributed by atoms with Crippen LogP contribution in [0.1, 0.15) is 12.8 Å². The lowest BCUT2D eigenvalue weighted by Gasteiger charge is -2.17. The number of nitrogens with zero attached hydrogens (tertiary/aromatic N) is 2. The largest absolute Gasteiger partial charge is 0.393 e. The molecular weight excluding hydrogens is 290 g/mol. The highest BCUT2D eigenvalue weighted by molar-refractivity contribution is 6.23. The van der Waals surface area contributed by atoms with Gasteiger partial charge in [-0.15, -0.1) is 0 Å². The number of nitrogen functional groups attached to an aromatic ring is 1. The maximum Gasteiger partial charge on any atom is 0.294 e. The highest BCUT2D eigenvalue weighted by Crippen LogP contribution is 2.49. The van der Waals surface area contributed by atoms with Crippen LogP contribution < -0.4 is 10.6 Å². The van der Waals surface area contributed by atoms with Crippen LogP contribution in [0.4, 0.5) is 17.1 Å². The Hall–Kier alpha value is -2.48. The first-order valence-electron chi connectivity index (χ1n) is 7.06. The fourth-order valence-electron chi connectivity index (χ4n) is 3.80. The number of ether oxygens (including phenoxy) is 1. The number of carbonyl (C=O) groups is 2. The van der Waals surface area contributed by atoms with Gasteiger partial charge in [-0.25, -0.2) is 4.90 Å². The van der Waals surface area contributed by atoms with E-state index >= 15 is 0 Å². The standard InChI is InChI=1S/C14H13N3O5/c15-7-2-1-6(5-8(7)17(20)21)16-13(18)11-9-3-4-10(22-9)12(11)14(16)19/h1-2,5,9-12H,3-4,15H2/t9-,10+,11-,12+. The van der Waals surface area contributed by atoms with Gasteiger partial charge in [-0.05, 0) is 25.0 Å². The third kappa shape index (κ3) is 1.55. The van der Waals surface area contributed by atoms with Crippen LogP contribution in [0.15, 0.2) is 18.2 Å². The Morgan fingerprint density at radius 2 is 1.77 bits per heavy atom. The second-order valence-electron chi connectivity index (χ2n) is 5.85. The number of nitro benzene ring substituents is 1. The second-order valence-corrected chi connectivity index (χ2v) is 5.85. The first-order chi connectivity index (χ1) is 10.5. The Morgan fingerprint density at radius 1 is 1.18 bits per heavy atom. The van der Waals surface area contributed by atoms with Crippen LogP contribution in [0.3, 0.4) is 0 Å². The number of rotatable bonds is 2. The van der Waals surface area contributed by atoms with Gasteiger partial charge in [0, 0.05) is 6.07 Å². The average Bonchev–Trinajstić information content (AvgIpc) is 3.14. The van der Waals surface area contributed by atoms with Crippen LogP contribution in [0.2, 0.25) is 0 Å². The first-order valence-corrected chi connectivity index (χ1v) is 7.06. The number of fused-ring (bicyclic) bond motifs is 5. The molecule has 0 aromatic heterocycles. The molecule has 3 fully saturated rings. The molecule has 0 unspecified atom stereocenters. The van der Waals surface area contributed by atoms with E-state index in [2.05, 4.69) is 0 Å². The SMILES string of the molecule is Nc1ccc(N2C(=O)[C@@H]3[C@H](C2=O)[C@H]2CC[C@@H]3O2)cc1[N+](=O)[O-]. The van der Waals surface area contributed by atoms with Crippen molar-refractivity contribution >= 4 is 28.9 Å². The molecule has 8 heteroatoms. The summed E-state index contributed by atoms with van der Waals surface area (Å²) < 4.78 is 5.65. The van der Waals surface area contributed by atoms with Gasteiger partial charge in [0.1, 0.15) is 5.69 Å². The van der Waals surface area contributed by atoms with E-state index in [4.69, 9.17) is 10.5 Å². The molecule has 22 heavy (non-hydrogen) atoms. The fraction of sp³-hybridized carbons (Fsp3) is 0.429. The van der Waals surface area contributed by atoms with Crippen molar-refractivity contribution < 1.29 is 19.2 Å². The van der Waals surface area contributed by atoms with Crippen molar-refractivity contribution in [3.8, 4) is 0 Å². The van der Waals surface area contributed by atoms with E-state index in [9.17, 15) is 19.7 Å². The van der Waals surface area contributed by atoms with Crippen molar-refractivity contribution in [2.45, 2.75) is 25.0 Å². The summed E-state index contributed by atoms with van der Waals surface area (Å²) in [5.41, 5.74) is 5.44. The minimum absolute atomic E-state index is 0.00329. The molecule has 3 aliphatic rings. The van der Waals surface area contributed by atoms with Crippen LogP contribution >= 0.6 is 0 Å². The Bertz CT molecular complexity index is 690. The van der Waals surface area contributed by atoms with E-state index in [1.54, 1.807) is 0 Å². The van der Waals surface area contributed by atoms with Crippen LogP contribution in [0, 0.1) is 22.0 Å². The average molecular weight is 303 g/mol. The quantitative estimate of drug-likeness (QED) is 0.374. The van der Waals surface area contributed by atoms with Gasteiger partial charge >= 0.3 is 0 Å². The third-order valence-corrected chi connectivity index (χ3v) is 4.75. The predicted octanol–water partition coefficient (Wildman–Crippen LogP) is 0.844. The highest BCUT2D eigenvalue weighted by atomic mass is 16.6.